The Kier molecular flexibility index (Phi) is 6.23. The van der Waals surface area contributed by atoms with Gasteiger partial charge < -0.3 is 20.1 Å². The van der Waals surface area contributed by atoms with Gasteiger partial charge in [0.05, 0.1) is 18.2 Å². The maximum Gasteiger partial charge on any atom is 0.381 e. The summed E-state index contributed by atoms with van der Waals surface area (Å²) in [5.41, 5.74) is 0.999. The van der Waals surface area contributed by atoms with Gasteiger partial charge in [0.1, 0.15) is 11.6 Å². The van der Waals surface area contributed by atoms with E-state index in [1.807, 2.05) is 0 Å². The number of rotatable bonds is 5. The lowest BCUT2D eigenvalue weighted by Gasteiger charge is -2.35. The molecule has 3 N–H and O–H groups in total. The second kappa shape index (κ2) is 8.45. The summed E-state index contributed by atoms with van der Waals surface area (Å²) in [4.78, 5) is 15.4. The molecule has 16 heteroatoms. The molecule has 1 aromatic carbocycles. The number of ether oxygens (including phenoxy) is 1. The Balaban J connectivity index is 1.65. The molecule has 1 aromatic heterocycles. The molecule has 3 heterocycles. The molecule has 0 aliphatic carbocycles. The summed E-state index contributed by atoms with van der Waals surface area (Å²) >= 11 is 10.9. The van der Waals surface area contributed by atoms with E-state index in [2.05, 4.69) is 4.98 Å². The Morgan fingerprint density at radius 2 is 2.12 bits per heavy atom. The van der Waals surface area contributed by atoms with Crippen molar-refractivity contribution in [1.29, 1.82) is 0 Å². The lowest BCUT2D eigenvalue weighted by molar-refractivity contribution is -0.242. The van der Waals surface area contributed by atoms with Crippen LogP contribution in [0.2, 0.25) is 5.02 Å². The van der Waals surface area contributed by atoms with Gasteiger partial charge in [0.2, 0.25) is 5.60 Å². The molecule has 4 rings (SSSR count). The minimum atomic E-state index is -4.61. The van der Waals surface area contributed by atoms with E-state index in [9.17, 15) is 18.7 Å². The number of aliphatic hydroxyl groups is 1. The van der Waals surface area contributed by atoms with Crippen LogP contribution in [0.15, 0.2) is 35.3 Å². The Hall–Kier alpha value is -1.80. The molecule has 33 heavy (non-hydrogen) atoms. The number of hydrogen-bond donors (Lipinski definition) is 2. The van der Waals surface area contributed by atoms with Crippen LogP contribution in [0.1, 0.15) is 11.8 Å². The van der Waals surface area contributed by atoms with E-state index in [1.54, 1.807) is 18.2 Å². The van der Waals surface area contributed by atoms with Crippen molar-refractivity contribution in [2.24, 2.45) is 0 Å². The van der Waals surface area contributed by atoms with Crippen LogP contribution in [-0.4, -0.2) is 45.3 Å². The number of aliphatic hydroxyl groups excluding tert-OH is 1. The van der Waals surface area contributed by atoms with Gasteiger partial charge in [-0.1, -0.05) is 29.8 Å². The number of aromatic nitrogens is 2. The van der Waals surface area contributed by atoms with Gasteiger partial charge in [0, 0.05) is 23.6 Å². The molecule has 9 nitrogen and oxygen atoms in total. The normalized spacial score (nSPS) is 30.8. The third-order valence-corrected chi connectivity index (χ3v) is 7.55. The van der Waals surface area contributed by atoms with Gasteiger partial charge in [-0.15, -0.1) is 0 Å². The standard InChI is InChI=1S/C17H15ClF4N3O6PS/c18-9-5-25(15(27)24-12(9)23)13-11(26)17(21,22)16(30-13,14(19)20)7-29-32(33)28-6-8-3-1-2-4-10(8)31-32/h1-5,11,13-14,26H,6-7H2,(H2,23,24,27)/t11-,13+,16-,32?/m0/s1. The van der Waals surface area contributed by atoms with Gasteiger partial charge in [-0.05, 0) is 6.07 Å². The Morgan fingerprint density at radius 1 is 1.42 bits per heavy atom. The zero-order chi connectivity index (χ0) is 24.2. The van der Waals surface area contributed by atoms with Crippen molar-refractivity contribution in [3.63, 3.8) is 0 Å². The summed E-state index contributed by atoms with van der Waals surface area (Å²) in [7, 11) is 0. The number of hydrogen-bond acceptors (Lipinski definition) is 9. The number of para-hydroxylation sites is 1. The van der Waals surface area contributed by atoms with Crippen LogP contribution in [0.25, 0.3) is 0 Å². The Bertz CT molecular complexity index is 1190. The monoisotopic (exact) mass is 531 g/mol. The highest BCUT2D eigenvalue weighted by atomic mass is 35.5. The van der Waals surface area contributed by atoms with Crippen molar-refractivity contribution in [1.82, 2.24) is 9.55 Å². The van der Waals surface area contributed by atoms with Crippen molar-refractivity contribution >= 4 is 35.9 Å². The van der Waals surface area contributed by atoms with Gasteiger partial charge in [-0.2, -0.15) is 13.8 Å². The zero-order valence-electron chi connectivity index (χ0n) is 16.2. The number of nitrogens with zero attached hydrogens (tertiary/aromatic N) is 2. The average Bonchev–Trinajstić information content (AvgIpc) is 2.96. The summed E-state index contributed by atoms with van der Waals surface area (Å²) < 4.78 is 79.4. The second-order valence-corrected chi connectivity index (χ2v) is 10.5. The van der Waals surface area contributed by atoms with Gasteiger partial charge >= 0.3 is 18.3 Å². The van der Waals surface area contributed by atoms with Crippen LogP contribution >= 0.6 is 18.3 Å². The van der Waals surface area contributed by atoms with Crippen LogP contribution in [0, 0.1) is 0 Å². The molecule has 2 aromatic rings. The molecular weight excluding hydrogens is 517 g/mol. The predicted molar refractivity (Wildman–Crippen MR) is 110 cm³/mol. The quantitative estimate of drug-likeness (QED) is 0.443. The highest BCUT2D eigenvalue weighted by Gasteiger charge is 2.74. The first-order valence-corrected chi connectivity index (χ1v) is 12.1. The molecule has 1 saturated heterocycles. The molecule has 0 radical (unpaired) electrons. The van der Waals surface area contributed by atoms with E-state index in [-0.39, 0.29) is 17.4 Å². The highest BCUT2D eigenvalue weighted by molar-refractivity contribution is 8.07. The molecular formula is C17H15ClF4N3O6PS. The van der Waals surface area contributed by atoms with Gasteiger partial charge in [0.15, 0.2) is 12.3 Å². The second-order valence-electron chi connectivity index (χ2n) is 7.12. The number of fused-ring (bicyclic) bond motifs is 1. The maximum absolute atomic E-state index is 15.0. The van der Waals surface area contributed by atoms with Crippen LogP contribution in [0.5, 0.6) is 5.75 Å². The fraction of sp³-hybridized carbons (Fsp3) is 0.412. The zero-order valence-corrected chi connectivity index (χ0v) is 18.7. The van der Waals surface area contributed by atoms with Crippen LogP contribution in [0.3, 0.4) is 0 Å². The van der Waals surface area contributed by atoms with E-state index in [0.717, 1.165) is 6.20 Å². The minimum absolute atomic E-state index is 0.0946. The molecule has 2 aliphatic heterocycles. The molecule has 2 aliphatic rings. The third-order valence-electron chi connectivity index (χ3n) is 5.10. The van der Waals surface area contributed by atoms with Crippen molar-refractivity contribution in [3.05, 3.63) is 51.5 Å². The van der Waals surface area contributed by atoms with Crippen molar-refractivity contribution in [2.75, 3.05) is 12.3 Å². The number of nitrogen functional groups attached to an aromatic ring is 1. The summed E-state index contributed by atoms with van der Waals surface area (Å²) in [6.45, 7) is -5.40. The number of alkyl halides is 4. The number of benzene rings is 1. The van der Waals surface area contributed by atoms with E-state index < -0.39 is 55.1 Å². The van der Waals surface area contributed by atoms with Crippen LogP contribution in [0.4, 0.5) is 23.4 Å². The molecule has 4 atom stereocenters. The molecule has 180 valence electrons. The van der Waals surface area contributed by atoms with Crippen LogP contribution in [-0.2, 0) is 32.2 Å². The molecule has 0 spiro atoms. The largest absolute Gasteiger partial charge is 0.424 e. The fourth-order valence-corrected chi connectivity index (χ4v) is 5.22. The summed E-state index contributed by atoms with van der Waals surface area (Å²) in [6, 6.07) is 6.49. The highest BCUT2D eigenvalue weighted by Crippen LogP contribution is 2.58. The Morgan fingerprint density at radius 3 is 2.82 bits per heavy atom. The van der Waals surface area contributed by atoms with Gasteiger partial charge in [-0.25, -0.2) is 13.6 Å². The van der Waals surface area contributed by atoms with E-state index in [0.29, 0.717) is 10.1 Å². The summed E-state index contributed by atoms with van der Waals surface area (Å²) in [5, 5.41) is 9.82. The van der Waals surface area contributed by atoms with Crippen LogP contribution < -0.4 is 15.9 Å². The smallest absolute Gasteiger partial charge is 0.381 e. The van der Waals surface area contributed by atoms with E-state index in [4.69, 9.17) is 47.4 Å². The fourth-order valence-electron chi connectivity index (χ4n) is 3.27. The molecule has 0 amide bonds. The maximum atomic E-state index is 15.0. The Labute approximate surface area is 193 Å². The number of halogens is 5. The first-order chi connectivity index (χ1) is 15.4. The van der Waals surface area contributed by atoms with E-state index in [1.165, 1.54) is 6.07 Å². The van der Waals surface area contributed by atoms with Crippen molar-refractivity contribution in [3.8, 4) is 5.75 Å². The van der Waals surface area contributed by atoms with Gasteiger partial charge in [0.25, 0.3) is 6.43 Å². The van der Waals surface area contributed by atoms with Crippen molar-refractivity contribution < 1.29 is 41.0 Å². The molecule has 1 fully saturated rings. The third kappa shape index (κ3) is 4.03. The van der Waals surface area contributed by atoms with Crippen molar-refractivity contribution in [2.45, 2.75) is 36.9 Å². The molecule has 0 bridgehead atoms. The average molecular weight is 532 g/mol. The lowest BCUT2D eigenvalue weighted by atomic mass is 9.95. The summed E-state index contributed by atoms with van der Waals surface area (Å²) in [5.74, 6) is -4.78. The summed E-state index contributed by atoms with van der Waals surface area (Å²) in [6.07, 6.45) is -8.34. The molecule has 1 unspecified atom stereocenters. The molecule has 0 saturated carbocycles. The number of nitrogens with two attached hydrogens (primary N) is 1. The van der Waals surface area contributed by atoms with E-state index >= 15 is 8.78 Å². The topological polar surface area (TPSA) is 118 Å². The van der Waals surface area contributed by atoms with Gasteiger partial charge in [-0.3, -0.25) is 13.6 Å². The SMILES string of the molecule is Nc1nc(=O)n([C@@H]2O[C@@](COP3(=S)OCc4ccccc4O3)(C(F)F)C(F)(F)[C@H]2O)cc1Cl. The minimum Gasteiger partial charge on any atom is -0.424 e. The number of anilines is 1. The predicted octanol–water partition coefficient (Wildman–Crippen LogP) is 2.86. The first-order valence-electron chi connectivity index (χ1n) is 9.13. The first kappa shape index (κ1) is 24.3. The lowest BCUT2D eigenvalue weighted by Crippen LogP contribution is -2.57.